The molecule has 1 N–H and O–H groups in total. The molecule has 0 amide bonds. The number of aromatic nitrogens is 2. The molecular weight excluding hydrogens is 516 g/mol. The molecule has 208 valence electrons. The molecular formula is C33H38N4O2S. The molecule has 2 heterocycles. The van der Waals surface area contributed by atoms with E-state index in [1.807, 2.05) is 28.5 Å². The van der Waals surface area contributed by atoms with Crippen LogP contribution in [0, 0.1) is 5.92 Å². The van der Waals surface area contributed by atoms with E-state index in [0.717, 1.165) is 46.0 Å². The van der Waals surface area contributed by atoms with E-state index < -0.39 is 5.97 Å². The zero-order valence-corrected chi connectivity index (χ0v) is 24.2. The van der Waals surface area contributed by atoms with Crippen LogP contribution in [0.3, 0.4) is 0 Å². The molecule has 2 aromatic carbocycles. The standard InChI is InChI=1S/C33H38N4O2S/c1-24-6-10-26(11-7-24)27-12-8-25(9-13-27)19-36(2)30-16-14-28(15-17-30)31-23-40-32(35-31)21-37(22-33(38)39)20-29-5-3-4-18-34-29/h3-5,8-9,12-18,23-24,26H,6-7,10-11,19-22H2,1-2H3,(H,38,39). The second kappa shape index (κ2) is 13.2. The van der Waals surface area contributed by atoms with Gasteiger partial charge in [-0.2, -0.15) is 0 Å². The van der Waals surface area contributed by atoms with Crippen molar-refractivity contribution in [2.24, 2.45) is 5.92 Å². The Morgan fingerprint density at radius 3 is 2.38 bits per heavy atom. The van der Waals surface area contributed by atoms with Crippen molar-refractivity contribution in [2.45, 2.75) is 58.2 Å². The summed E-state index contributed by atoms with van der Waals surface area (Å²) in [5, 5.41) is 12.3. The Morgan fingerprint density at radius 1 is 0.950 bits per heavy atom. The molecule has 2 aromatic heterocycles. The molecule has 40 heavy (non-hydrogen) atoms. The van der Waals surface area contributed by atoms with Gasteiger partial charge in [0.25, 0.3) is 0 Å². The number of carbonyl (C=O) groups is 1. The highest BCUT2D eigenvalue weighted by Gasteiger charge is 2.19. The highest BCUT2D eigenvalue weighted by atomic mass is 32.1. The molecule has 0 radical (unpaired) electrons. The fourth-order valence-electron chi connectivity index (χ4n) is 5.53. The third-order valence-electron chi connectivity index (χ3n) is 7.87. The second-order valence-electron chi connectivity index (χ2n) is 11.1. The maximum absolute atomic E-state index is 11.4. The van der Waals surface area contributed by atoms with Gasteiger partial charge in [-0.15, -0.1) is 11.3 Å². The molecule has 1 aliphatic rings. The van der Waals surface area contributed by atoms with Gasteiger partial charge in [-0.25, -0.2) is 4.98 Å². The van der Waals surface area contributed by atoms with Gasteiger partial charge in [-0.1, -0.05) is 62.2 Å². The molecule has 1 fully saturated rings. The smallest absolute Gasteiger partial charge is 0.317 e. The minimum atomic E-state index is -0.859. The van der Waals surface area contributed by atoms with Gasteiger partial charge in [-0.05, 0) is 60.1 Å². The van der Waals surface area contributed by atoms with Crippen LogP contribution in [-0.4, -0.2) is 39.5 Å². The topological polar surface area (TPSA) is 69.6 Å². The minimum Gasteiger partial charge on any atom is -0.480 e. The Morgan fingerprint density at radius 2 is 1.70 bits per heavy atom. The Bertz CT molecular complexity index is 1360. The van der Waals surface area contributed by atoms with Gasteiger partial charge >= 0.3 is 5.97 Å². The molecule has 6 nitrogen and oxygen atoms in total. The van der Waals surface area contributed by atoms with Crippen molar-refractivity contribution in [2.75, 3.05) is 18.5 Å². The number of carboxylic acid groups (broad SMARTS) is 1. The molecule has 0 bridgehead atoms. The van der Waals surface area contributed by atoms with E-state index in [-0.39, 0.29) is 6.54 Å². The van der Waals surface area contributed by atoms with Crippen molar-refractivity contribution >= 4 is 23.0 Å². The van der Waals surface area contributed by atoms with Gasteiger partial charge in [0.1, 0.15) is 5.01 Å². The van der Waals surface area contributed by atoms with Gasteiger partial charge < -0.3 is 10.0 Å². The number of benzene rings is 2. The fourth-order valence-corrected chi connectivity index (χ4v) is 6.37. The fraction of sp³-hybridized carbons (Fsp3) is 0.364. The molecule has 5 rings (SSSR count). The molecule has 0 spiro atoms. The molecule has 0 aliphatic heterocycles. The molecule has 4 aromatic rings. The highest BCUT2D eigenvalue weighted by molar-refractivity contribution is 7.09. The van der Waals surface area contributed by atoms with Crippen LogP contribution in [0.25, 0.3) is 11.3 Å². The van der Waals surface area contributed by atoms with E-state index in [4.69, 9.17) is 4.98 Å². The summed E-state index contributed by atoms with van der Waals surface area (Å²) in [6.45, 7) is 4.10. The first-order valence-electron chi connectivity index (χ1n) is 14.1. The lowest BCUT2D eigenvalue weighted by atomic mass is 9.79. The Balaban J connectivity index is 1.18. The molecule has 0 atom stereocenters. The van der Waals surface area contributed by atoms with Crippen LogP contribution in [0.5, 0.6) is 0 Å². The van der Waals surface area contributed by atoms with Crippen molar-refractivity contribution in [1.82, 2.24) is 14.9 Å². The maximum Gasteiger partial charge on any atom is 0.317 e. The number of hydrogen-bond acceptors (Lipinski definition) is 6. The van der Waals surface area contributed by atoms with Crippen LogP contribution in [-0.2, 0) is 24.4 Å². The first-order chi connectivity index (χ1) is 19.4. The minimum absolute atomic E-state index is 0.0604. The number of anilines is 1. The zero-order chi connectivity index (χ0) is 27.9. The molecule has 7 heteroatoms. The number of pyridine rings is 1. The summed E-state index contributed by atoms with van der Waals surface area (Å²) in [7, 11) is 2.13. The largest absolute Gasteiger partial charge is 0.480 e. The predicted molar refractivity (Wildman–Crippen MR) is 162 cm³/mol. The van der Waals surface area contributed by atoms with E-state index in [2.05, 4.69) is 72.4 Å². The second-order valence-corrected chi connectivity index (χ2v) is 12.0. The summed E-state index contributed by atoms with van der Waals surface area (Å²) in [4.78, 5) is 24.7. The quantitative estimate of drug-likeness (QED) is 0.211. The monoisotopic (exact) mass is 554 g/mol. The van der Waals surface area contributed by atoms with Crippen molar-refractivity contribution in [3.63, 3.8) is 0 Å². The van der Waals surface area contributed by atoms with Crippen LogP contribution in [0.4, 0.5) is 5.69 Å². The van der Waals surface area contributed by atoms with Crippen molar-refractivity contribution in [1.29, 1.82) is 0 Å². The van der Waals surface area contributed by atoms with E-state index in [9.17, 15) is 9.90 Å². The normalized spacial score (nSPS) is 17.2. The Hall–Kier alpha value is -3.55. The van der Waals surface area contributed by atoms with Crippen molar-refractivity contribution in [3.05, 3.63) is 100 Å². The molecule has 1 aliphatic carbocycles. The predicted octanol–water partition coefficient (Wildman–Crippen LogP) is 7.22. The summed E-state index contributed by atoms with van der Waals surface area (Å²) in [5.41, 5.74) is 6.78. The van der Waals surface area contributed by atoms with Crippen LogP contribution >= 0.6 is 11.3 Å². The number of rotatable bonds is 11. The van der Waals surface area contributed by atoms with Crippen LogP contribution in [0.1, 0.15) is 60.4 Å². The number of nitrogens with zero attached hydrogens (tertiary/aromatic N) is 4. The molecule has 0 saturated heterocycles. The van der Waals surface area contributed by atoms with Gasteiger partial charge in [0.15, 0.2) is 0 Å². The Labute approximate surface area is 241 Å². The maximum atomic E-state index is 11.4. The van der Waals surface area contributed by atoms with E-state index in [0.29, 0.717) is 13.1 Å². The van der Waals surface area contributed by atoms with Crippen LogP contribution < -0.4 is 4.90 Å². The first kappa shape index (κ1) is 28.0. The molecule has 1 saturated carbocycles. The van der Waals surface area contributed by atoms with Crippen LogP contribution in [0.2, 0.25) is 0 Å². The summed E-state index contributed by atoms with van der Waals surface area (Å²) in [5.74, 6) is 0.745. The van der Waals surface area contributed by atoms with Crippen molar-refractivity contribution < 1.29 is 9.90 Å². The average molecular weight is 555 g/mol. The summed E-state index contributed by atoms with van der Waals surface area (Å²) < 4.78 is 0. The van der Waals surface area contributed by atoms with Gasteiger partial charge in [0.2, 0.25) is 0 Å². The first-order valence-corrected chi connectivity index (χ1v) is 15.0. The number of carboxylic acids is 1. The van der Waals surface area contributed by atoms with Gasteiger partial charge in [-0.3, -0.25) is 14.7 Å². The Kier molecular flexibility index (Phi) is 9.24. The SMILES string of the molecule is CC1CCC(c2ccc(CN(C)c3ccc(-c4csc(CN(CC(=O)O)Cc5ccccn5)n4)cc3)cc2)CC1. The van der Waals surface area contributed by atoms with E-state index in [1.54, 1.807) is 17.5 Å². The summed E-state index contributed by atoms with van der Waals surface area (Å²) >= 11 is 1.56. The average Bonchev–Trinajstić information content (AvgIpc) is 3.42. The summed E-state index contributed by atoms with van der Waals surface area (Å²) in [6.07, 6.45) is 7.06. The lowest BCUT2D eigenvalue weighted by Crippen LogP contribution is -2.29. The van der Waals surface area contributed by atoms with Crippen molar-refractivity contribution in [3.8, 4) is 11.3 Å². The lowest BCUT2D eigenvalue weighted by molar-refractivity contribution is -0.138. The molecule has 0 unspecified atom stereocenters. The number of thiazole rings is 1. The third kappa shape index (κ3) is 7.55. The number of aliphatic carboxylic acids is 1. The summed E-state index contributed by atoms with van der Waals surface area (Å²) in [6, 6.07) is 23.4. The van der Waals surface area contributed by atoms with E-state index in [1.165, 1.54) is 36.8 Å². The zero-order valence-electron chi connectivity index (χ0n) is 23.4. The van der Waals surface area contributed by atoms with Gasteiger partial charge in [0.05, 0.1) is 24.5 Å². The van der Waals surface area contributed by atoms with E-state index >= 15 is 0 Å². The van der Waals surface area contributed by atoms with Crippen LogP contribution in [0.15, 0.2) is 78.3 Å². The third-order valence-corrected chi connectivity index (χ3v) is 8.71. The highest BCUT2D eigenvalue weighted by Crippen LogP contribution is 2.35. The number of hydrogen-bond donors (Lipinski definition) is 1. The lowest BCUT2D eigenvalue weighted by Gasteiger charge is -2.26. The van der Waals surface area contributed by atoms with Gasteiger partial charge in [0, 0.05) is 43.0 Å².